The molecule has 1 unspecified atom stereocenters. The summed E-state index contributed by atoms with van der Waals surface area (Å²) in [5.41, 5.74) is 1.91. The van der Waals surface area contributed by atoms with Gasteiger partial charge in [-0.05, 0) is 30.7 Å². The molecule has 1 aliphatic heterocycles. The Balaban J connectivity index is 2.20. The number of rotatable bonds is 1. The summed E-state index contributed by atoms with van der Waals surface area (Å²) in [5, 5.41) is 0.558. The molecule has 5 nitrogen and oxygen atoms in total. The number of hydrogen-bond donors (Lipinski definition) is 0. The average molecular weight is 319 g/mol. The highest BCUT2D eigenvalue weighted by Crippen LogP contribution is 2.33. The van der Waals surface area contributed by atoms with Gasteiger partial charge >= 0.3 is 0 Å². The van der Waals surface area contributed by atoms with Crippen molar-refractivity contribution in [1.82, 2.24) is 9.55 Å². The SMILES string of the molecule is CCC1C(=O)N(C)c2ccccc2-n2c1nc1ccccc1c2=O. The monoisotopic (exact) mass is 319 g/mol. The van der Waals surface area contributed by atoms with Crippen molar-refractivity contribution in [3.63, 3.8) is 0 Å². The Kier molecular flexibility index (Phi) is 3.23. The van der Waals surface area contributed by atoms with Crippen LogP contribution in [0.2, 0.25) is 0 Å². The fraction of sp³-hybridized carbons (Fsp3) is 0.211. The largest absolute Gasteiger partial charge is 0.313 e. The maximum absolute atomic E-state index is 13.2. The van der Waals surface area contributed by atoms with E-state index in [9.17, 15) is 9.59 Å². The number of anilines is 1. The zero-order valence-electron chi connectivity index (χ0n) is 13.6. The maximum atomic E-state index is 13.2. The first-order valence-electron chi connectivity index (χ1n) is 8.02. The fourth-order valence-corrected chi connectivity index (χ4v) is 3.37. The third-order valence-corrected chi connectivity index (χ3v) is 4.63. The van der Waals surface area contributed by atoms with Gasteiger partial charge in [-0.3, -0.25) is 14.2 Å². The van der Waals surface area contributed by atoms with Crippen molar-refractivity contribution in [2.75, 3.05) is 11.9 Å². The molecule has 24 heavy (non-hydrogen) atoms. The van der Waals surface area contributed by atoms with Gasteiger partial charge in [-0.2, -0.15) is 0 Å². The van der Waals surface area contributed by atoms with E-state index in [1.807, 2.05) is 49.4 Å². The molecule has 0 saturated carbocycles. The second-order valence-electron chi connectivity index (χ2n) is 5.97. The van der Waals surface area contributed by atoms with E-state index in [4.69, 9.17) is 0 Å². The molecule has 0 saturated heterocycles. The van der Waals surface area contributed by atoms with Crippen molar-refractivity contribution in [3.05, 3.63) is 64.7 Å². The molecule has 3 aromatic rings. The Bertz CT molecular complexity index is 1020. The lowest BCUT2D eigenvalue weighted by Gasteiger charge is -2.19. The van der Waals surface area contributed by atoms with E-state index in [0.29, 0.717) is 28.8 Å². The fourth-order valence-electron chi connectivity index (χ4n) is 3.37. The standard InChI is InChI=1S/C19H17N3O2/c1-3-12-17-20-14-9-5-4-8-13(14)19(24)22(17)16-11-7-6-10-15(16)21(2)18(12)23/h4-12H,3H2,1-2H3. The number of aromatic nitrogens is 2. The first-order valence-corrected chi connectivity index (χ1v) is 8.02. The van der Waals surface area contributed by atoms with Crippen molar-refractivity contribution in [1.29, 1.82) is 0 Å². The molecule has 5 heteroatoms. The quantitative estimate of drug-likeness (QED) is 0.693. The molecule has 1 amide bonds. The zero-order chi connectivity index (χ0) is 16.8. The predicted molar refractivity (Wildman–Crippen MR) is 93.8 cm³/mol. The minimum atomic E-state index is -0.445. The van der Waals surface area contributed by atoms with Crippen molar-refractivity contribution >= 4 is 22.5 Å². The Morgan fingerprint density at radius 2 is 1.67 bits per heavy atom. The molecular weight excluding hydrogens is 302 g/mol. The molecule has 1 aromatic heterocycles. The lowest BCUT2D eigenvalue weighted by Crippen LogP contribution is -2.31. The maximum Gasteiger partial charge on any atom is 0.266 e. The number of amides is 1. The molecule has 1 aliphatic rings. The Hall–Kier alpha value is -2.95. The van der Waals surface area contributed by atoms with Crippen molar-refractivity contribution in [2.45, 2.75) is 19.3 Å². The number of carbonyl (C=O) groups is 1. The minimum Gasteiger partial charge on any atom is -0.313 e. The minimum absolute atomic E-state index is 0.0432. The van der Waals surface area contributed by atoms with Crippen LogP contribution in [-0.2, 0) is 4.79 Å². The summed E-state index contributed by atoms with van der Waals surface area (Å²) in [4.78, 5) is 32.4. The highest BCUT2D eigenvalue weighted by atomic mass is 16.2. The van der Waals surface area contributed by atoms with Gasteiger partial charge in [-0.15, -0.1) is 0 Å². The highest BCUT2D eigenvalue weighted by Gasteiger charge is 2.33. The normalized spacial score (nSPS) is 16.7. The molecule has 2 heterocycles. The number of para-hydroxylation sites is 3. The number of likely N-dealkylation sites (N-methyl/N-ethyl adjacent to an activating group) is 1. The average Bonchev–Trinajstić information content (AvgIpc) is 2.70. The van der Waals surface area contributed by atoms with Crippen LogP contribution in [0.3, 0.4) is 0 Å². The second-order valence-corrected chi connectivity index (χ2v) is 5.97. The van der Waals surface area contributed by atoms with E-state index in [-0.39, 0.29) is 11.5 Å². The van der Waals surface area contributed by atoms with Crippen molar-refractivity contribution < 1.29 is 4.79 Å². The van der Waals surface area contributed by atoms with Crippen LogP contribution >= 0.6 is 0 Å². The van der Waals surface area contributed by atoms with Gasteiger partial charge in [0, 0.05) is 7.05 Å². The third kappa shape index (κ3) is 1.91. The zero-order valence-corrected chi connectivity index (χ0v) is 13.6. The first-order chi connectivity index (χ1) is 11.6. The Morgan fingerprint density at radius 3 is 2.42 bits per heavy atom. The summed E-state index contributed by atoms with van der Waals surface area (Å²) in [5.74, 6) is 0.0288. The summed E-state index contributed by atoms with van der Waals surface area (Å²) < 4.78 is 1.60. The van der Waals surface area contributed by atoms with Gasteiger partial charge < -0.3 is 4.90 Å². The topological polar surface area (TPSA) is 55.2 Å². The van der Waals surface area contributed by atoms with E-state index in [2.05, 4.69) is 4.98 Å². The van der Waals surface area contributed by atoms with Crippen molar-refractivity contribution in [3.8, 4) is 5.69 Å². The van der Waals surface area contributed by atoms with Crippen LogP contribution in [0, 0.1) is 0 Å². The summed E-state index contributed by atoms with van der Waals surface area (Å²) >= 11 is 0. The highest BCUT2D eigenvalue weighted by molar-refractivity contribution is 6.00. The van der Waals surface area contributed by atoms with Gasteiger partial charge in [0.25, 0.3) is 5.56 Å². The first kappa shape index (κ1) is 14.6. The number of carbonyl (C=O) groups excluding carboxylic acids is 1. The van der Waals surface area contributed by atoms with Crippen molar-refractivity contribution in [2.24, 2.45) is 0 Å². The third-order valence-electron chi connectivity index (χ3n) is 4.63. The Morgan fingerprint density at radius 1 is 1.00 bits per heavy atom. The van der Waals surface area contributed by atoms with Gasteiger partial charge in [-0.1, -0.05) is 31.2 Å². The lowest BCUT2D eigenvalue weighted by atomic mass is 10.0. The number of fused-ring (bicyclic) bond motifs is 4. The van der Waals surface area contributed by atoms with Crippen LogP contribution in [0.25, 0.3) is 16.6 Å². The van der Waals surface area contributed by atoms with Gasteiger partial charge in [0.1, 0.15) is 5.82 Å². The van der Waals surface area contributed by atoms with Crippen LogP contribution in [0.5, 0.6) is 0 Å². The molecule has 0 spiro atoms. The molecule has 120 valence electrons. The summed E-state index contributed by atoms with van der Waals surface area (Å²) in [6.07, 6.45) is 0.585. The summed E-state index contributed by atoms with van der Waals surface area (Å²) in [6.45, 7) is 1.94. The molecule has 0 radical (unpaired) electrons. The van der Waals surface area contributed by atoms with E-state index in [0.717, 1.165) is 5.69 Å². The van der Waals surface area contributed by atoms with Gasteiger partial charge in [0.15, 0.2) is 0 Å². The number of benzene rings is 2. The molecule has 1 atom stereocenters. The summed E-state index contributed by atoms with van der Waals surface area (Å²) in [7, 11) is 1.75. The van der Waals surface area contributed by atoms with E-state index < -0.39 is 5.92 Å². The van der Waals surface area contributed by atoms with E-state index in [1.54, 1.807) is 22.6 Å². The van der Waals surface area contributed by atoms with Crippen LogP contribution in [-0.4, -0.2) is 22.5 Å². The van der Waals surface area contributed by atoms with Crippen LogP contribution in [0.15, 0.2) is 53.3 Å². The van der Waals surface area contributed by atoms with E-state index >= 15 is 0 Å². The molecular formula is C19H17N3O2. The summed E-state index contributed by atoms with van der Waals surface area (Å²) in [6, 6.07) is 14.7. The van der Waals surface area contributed by atoms with E-state index in [1.165, 1.54) is 0 Å². The second kappa shape index (κ2) is 5.30. The number of hydrogen-bond acceptors (Lipinski definition) is 3. The number of nitrogens with zero attached hydrogens (tertiary/aromatic N) is 3. The van der Waals surface area contributed by atoms with Gasteiger partial charge in [0.05, 0.1) is 28.2 Å². The Labute approximate surface area is 139 Å². The van der Waals surface area contributed by atoms with Gasteiger partial charge in [0.2, 0.25) is 5.91 Å². The molecule has 0 fully saturated rings. The smallest absolute Gasteiger partial charge is 0.266 e. The lowest BCUT2D eigenvalue weighted by molar-refractivity contribution is -0.119. The molecule has 0 bridgehead atoms. The molecule has 4 rings (SSSR count). The molecule has 0 N–H and O–H groups in total. The molecule has 0 aliphatic carbocycles. The molecule has 2 aromatic carbocycles. The predicted octanol–water partition coefficient (Wildman–Crippen LogP) is 2.86. The van der Waals surface area contributed by atoms with Crippen LogP contribution in [0.4, 0.5) is 5.69 Å². The van der Waals surface area contributed by atoms with Crippen LogP contribution in [0.1, 0.15) is 25.1 Å². The van der Waals surface area contributed by atoms with Crippen LogP contribution < -0.4 is 10.5 Å². The van der Waals surface area contributed by atoms with Gasteiger partial charge in [-0.25, -0.2) is 4.98 Å².